The molecule has 1 N–H and O–H groups in total. The zero-order chi connectivity index (χ0) is 20.2. The van der Waals surface area contributed by atoms with E-state index in [2.05, 4.69) is 20.4 Å². The first kappa shape index (κ1) is 23.1. The smallest absolute Gasteiger partial charge is 0.194 e. The third-order valence-electron chi connectivity index (χ3n) is 5.82. The van der Waals surface area contributed by atoms with Crippen LogP contribution < -0.4 is 10.1 Å². The fourth-order valence-corrected chi connectivity index (χ4v) is 4.14. The first-order valence-corrected chi connectivity index (χ1v) is 10.8. The topological polar surface area (TPSA) is 67.6 Å². The summed E-state index contributed by atoms with van der Waals surface area (Å²) in [6.07, 6.45) is 6.02. The van der Waals surface area contributed by atoms with Gasteiger partial charge in [-0.25, -0.2) is 4.99 Å². The van der Waals surface area contributed by atoms with Crippen molar-refractivity contribution in [1.29, 1.82) is 0 Å². The fraction of sp³-hybridized carbons (Fsp3) is 0.571. The number of nitrogens with one attached hydrogen (secondary N) is 1. The molecule has 1 aliphatic carbocycles. The van der Waals surface area contributed by atoms with E-state index in [1.54, 1.807) is 0 Å². The van der Waals surface area contributed by atoms with Crippen molar-refractivity contribution in [3.63, 3.8) is 0 Å². The minimum atomic E-state index is 0. The molecule has 2 aliphatic rings. The summed E-state index contributed by atoms with van der Waals surface area (Å²) in [6.45, 7) is 4.17. The minimum absolute atomic E-state index is 0. The van der Waals surface area contributed by atoms with Crippen LogP contribution in [0.1, 0.15) is 43.8 Å². The highest BCUT2D eigenvalue weighted by molar-refractivity contribution is 14.0. The summed E-state index contributed by atoms with van der Waals surface area (Å²) < 4.78 is 8.15. The number of aliphatic imine (C=N–C) groups is 1. The fourth-order valence-electron chi connectivity index (χ4n) is 3.96. The van der Waals surface area contributed by atoms with Crippen molar-refractivity contribution in [3.05, 3.63) is 40.9 Å². The van der Waals surface area contributed by atoms with Gasteiger partial charge in [-0.1, -0.05) is 36.6 Å². The molecule has 164 valence electrons. The number of rotatable bonds is 5. The van der Waals surface area contributed by atoms with Crippen molar-refractivity contribution in [2.24, 2.45) is 12.0 Å². The molecule has 1 aliphatic heterocycles. The number of para-hydroxylation sites is 1. The lowest BCUT2D eigenvalue weighted by Gasteiger charge is -2.25. The van der Waals surface area contributed by atoms with Crippen molar-refractivity contribution < 1.29 is 4.74 Å². The number of halogens is 2. The van der Waals surface area contributed by atoms with Gasteiger partial charge in [0.25, 0.3) is 0 Å². The van der Waals surface area contributed by atoms with E-state index in [9.17, 15) is 0 Å². The van der Waals surface area contributed by atoms with Crippen molar-refractivity contribution in [1.82, 2.24) is 25.0 Å². The molecule has 1 atom stereocenters. The molecule has 0 amide bonds. The number of hydrogen-bond acceptors (Lipinski definition) is 4. The van der Waals surface area contributed by atoms with Gasteiger partial charge in [0, 0.05) is 26.1 Å². The Balaban J connectivity index is 0.00000256. The number of likely N-dealkylation sites (tertiary alicyclic amines) is 1. The Morgan fingerprint density at radius 3 is 2.70 bits per heavy atom. The number of ether oxygens (including phenoxy) is 1. The summed E-state index contributed by atoms with van der Waals surface area (Å²) >= 11 is 6.26. The number of aromatic nitrogens is 3. The quantitative estimate of drug-likeness (QED) is 0.351. The van der Waals surface area contributed by atoms with Crippen LogP contribution in [-0.2, 0) is 13.6 Å². The largest absolute Gasteiger partial charge is 0.487 e. The Bertz CT molecular complexity index is 867. The van der Waals surface area contributed by atoms with E-state index < -0.39 is 0 Å². The second-order valence-corrected chi connectivity index (χ2v) is 8.30. The third kappa shape index (κ3) is 5.57. The van der Waals surface area contributed by atoms with Gasteiger partial charge in [-0.2, -0.15) is 0 Å². The van der Waals surface area contributed by atoms with E-state index in [1.807, 2.05) is 42.8 Å². The maximum atomic E-state index is 6.26. The molecular weight excluding hydrogens is 515 g/mol. The number of nitrogens with zero attached hydrogens (tertiary/aromatic N) is 5. The predicted molar refractivity (Wildman–Crippen MR) is 130 cm³/mol. The molecule has 9 heteroatoms. The lowest BCUT2D eigenvalue weighted by molar-refractivity contribution is 0.214. The van der Waals surface area contributed by atoms with Crippen LogP contribution in [0.5, 0.6) is 5.75 Å². The highest BCUT2D eigenvalue weighted by Gasteiger charge is 2.28. The Kier molecular flexibility index (Phi) is 8.21. The van der Waals surface area contributed by atoms with Gasteiger partial charge in [0.05, 0.1) is 11.6 Å². The molecule has 2 fully saturated rings. The van der Waals surface area contributed by atoms with Gasteiger partial charge in [-0.15, -0.1) is 34.2 Å². The molecule has 0 radical (unpaired) electrons. The molecule has 1 unspecified atom stereocenters. The van der Waals surface area contributed by atoms with E-state index in [4.69, 9.17) is 21.3 Å². The molecule has 1 saturated heterocycles. The Morgan fingerprint density at radius 1 is 1.23 bits per heavy atom. The molecule has 30 heavy (non-hydrogen) atoms. The first-order valence-electron chi connectivity index (χ1n) is 10.4. The maximum absolute atomic E-state index is 6.26. The van der Waals surface area contributed by atoms with E-state index in [-0.39, 0.29) is 30.1 Å². The highest BCUT2D eigenvalue weighted by atomic mass is 127. The van der Waals surface area contributed by atoms with Gasteiger partial charge >= 0.3 is 0 Å². The molecule has 2 heterocycles. The summed E-state index contributed by atoms with van der Waals surface area (Å²) in [5, 5.41) is 12.7. The van der Waals surface area contributed by atoms with E-state index in [0.717, 1.165) is 42.9 Å². The normalized spacial score (nSPS) is 19.8. The zero-order valence-electron chi connectivity index (χ0n) is 17.6. The van der Waals surface area contributed by atoms with E-state index in [1.165, 1.54) is 25.7 Å². The zero-order valence-corrected chi connectivity index (χ0v) is 20.6. The SMILES string of the molecule is Cc1nnc(CN=C(NC2CCCC2)N2CCC(Oc3ccccc3Cl)C2)n1C.I. The van der Waals surface area contributed by atoms with Crippen LogP contribution in [0.25, 0.3) is 0 Å². The lowest BCUT2D eigenvalue weighted by Crippen LogP contribution is -2.45. The van der Waals surface area contributed by atoms with Gasteiger partial charge in [0.15, 0.2) is 11.8 Å². The molecule has 0 spiro atoms. The molecule has 1 aromatic carbocycles. The van der Waals surface area contributed by atoms with E-state index in [0.29, 0.717) is 17.6 Å². The number of guanidine groups is 1. The predicted octanol–water partition coefficient (Wildman–Crippen LogP) is 3.94. The minimum Gasteiger partial charge on any atom is -0.487 e. The molecule has 2 aromatic rings. The van der Waals surface area contributed by atoms with Crippen LogP contribution in [0, 0.1) is 6.92 Å². The highest BCUT2D eigenvalue weighted by Crippen LogP contribution is 2.27. The Labute approximate surface area is 200 Å². The first-order chi connectivity index (χ1) is 14.1. The standard InChI is InChI=1S/C21H29ClN6O.HI/c1-15-25-26-20(27(15)2)13-23-21(24-16-7-3-4-8-16)28-12-11-17(14-28)29-19-10-6-5-9-18(19)22;/h5-6,9-10,16-17H,3-4,7-8,11-14H2,1-2H3,(H,23,24);1H. The van der Waals surface area contributed by atoms with E-state index >= 15 is 0 Å². The molecule has 7 nitrogen and oxygen atoms in total. The van der Waals surface area contributed by atoms with Crippen LogP contribution >= 0.6 is 35.6 Å². The average molecular weight is 545 g/mol. The van der Waals surface area contributed by atoms with Crippen LogP contribution in [0.4, 0.5) is 0 Å². The molecular formula is C21H30ClIN6O. The third-order valence-corrected chi connectivity index (χ3v) is 6.13. The van der Waals surface area contributed by atoms with Crippen LogP contribution in [0.3, 0.4) is 0 Å². The second kappa shape index (κ2) is 10.7. The van der Waals surface area contributed by atoms with Crippen LogP contribution in [-0.4, -0.2) is 50.9 Å². The van der Waals surface area contributed by atoms with Crippen molar-refractivity contribution in [2.75, 3.05) is 13.1 Å². The number of hydrogen-bond donors (Lipinski definition) is 1. The Morgan fingerprint density at radius 2 is 2.00 bits per heavy atom. The summed E-state index contributed by atoms with van der Waals surface area (Å²) in [4.78, 5) is 7.19. The molecule has 4 rings (SSSR count). The summed E-state index contributed by atoms with van der Waals surface area (Å²) in [5.74, 6) is 3.46. The molecule has 1 saturated carbocycles. The van der Waals surface area contributed by atoms with Gasteiger partial charge in [-0.3, -0.25) is 0 Å². The number of aryl methyl sites for hydroxylation is 1. The average Bonchev–Trinajstić information content (AvgIpc) is 3.45. The summed E-state index contributed by atoms with van der Waals surface area (Å²) in [5.41, 5.74) is 0. The summed E-state index contributed by atoms with van der Waals surface area (Å²) in [6, 6.07) is 8.15. The lowest BCUT2D eigenvalue weighted by atomic mass is 10.2. The van der Waals surface area contributed by atoms with Crippen LogP contribution in [0.2, 0.25) is 5.02 Å². The van der Waals surface area contributed by atoms with Crippen molar-refractivity contribution in [2.45, 2.75) is 57.7 Å². The van der Waals surface area contributed by atoms with Gasteiger partial charge in [0.1, 0.15) is 24.2 Å². The van der Waals surface area contributed by atoms with Gasteiger partial charge < -0.3 is 19.5 Å². The molecule has 0 bridgehead atoms. The monoisotopic (exact) mass is 544 g/mol. The second-order valence-electron chi connectivity index (χ2n) is 7.89. The molecule has 1 aromatic heterocycles. The van der Waals surface area contributed by atoms with Gasteiger partial charge in [-0.05, 0) is 31.9 Å². The van der Waals surface area contributed by atoms with Crippen molar-refractivity contribution >= 4 is 41.5 Å². The van der Waals surface area contributed by atoms with Crippen LogP contribution in [0.15, 0.2) is 29.3 Å². The Hall–Kier alpha value is -1.55. The maximum Gasteiger partial charge on any atom is 0.194 e. The number of benzene rings is 1. The summed E-state index contributed by atoms with van der Waals surface area (Å²) in [7, 11) is 1.98. The van der Waals surface area contributed by atoms with Crippen molar-refractivity contribution in [3.8, 4) is 5.75 Å². The van der Waals surface area contributed by atoms with Gasteiger partial charge in [0.2, 0.25) is 0 Å².